The van der Waals surface area contributed by atoms with Gasteiger partial charge in [-0.3, -0.25) is 4.79 Å². The Balaban J connectivity index is 2.86. The lowest BCUT2D eigenvalue weighted by Crippen LogP contribution is -2.00. The molecule has 0 bridgehead atoms. The first kappa shape index (κ1) is 12.7. The smallest absolute Gasteiger partial charge is 0.329 e. The summed E-state index contributed by atoms with van der Waals surface area (Å²) >= 11 is 1.93. The first-order valence-electron chi connectivity index (χ1n) is 4.38. The van der Waals surface area contributed by atoms with E-state index in [1.807, 2.05) is 22.6 Å². The van der Waals surface area contributed by atoms with Gasteiger partial charge in [-0.05, 0) is 40.3 Å². The predicted molar refractivity (Wildman–Crippen MR) is 67.4 cm³/mol. The molecule has 0 aliphatic heterocycles. The van der Waals surface area contributed by atoms with Crippen LogP contribution in [0.4, 0.5) is 0 Å². The van der Waals surface area contributed by atoms with Crippen LogP contribution in [-0.4, -0.2) is 17.0 Å². The van der Waals surface area contributed by atoms with Gasteiger partial charge in [-0.2, -0.15) is 0 Å². The summed E-state index contributed by atoms with van der Waals surface area (Å²) in [7, 11) is 0. The lowest BCUT2D eigenvalue weighted by molar-refractivity contribution is -0.132. The minimum Gasteiger partial charge on any atom is -0.478 e. The number of benzene rings is 1. The van der Waals surface area contributed by atoms with Gasteiger partial charge in [0.25, 0.3) is 0 Å². The van der Waals surface area contributed by atoms with Gasteiger partial charge in [0.2, 0.25) is 0 Å². The second kappa shape index (κ2) is 5.64. The molecule has 0 amide bonds. The zero-order valence-electron chi connectivity index (χ0n) is 8.44. The van der Waals surface area contributed by atoms with Crippen molar-refractivity contribution in [2.24, 2.45) is 0 Å². The van der Waals surface area contributed by atoms with Gasteiger partial charge >= 0.3 is 11.9 Å². The van der Waals surface area contributed by atoms with E-state index in [9.17, 15) is 9.59 Å². The number of rotatable bonds is 3. The van der Waals surface area contributed by atoms with Gasteiger partial charge in [0.05, 0.1) is 0 Å². The van der Waals surface area contributed by atoms with Crippen LogP contribution < -0.4 is 4.74 Å². The average molecular weight is 332 g/mol. The summed E-state index contributed by atoms with van der Waals surface area (Å²) < 4.78 is 5.46. The summed E-state index contributed by atoms with van der Waals surface area (Å²) in [5.74, 6) is -0.937. The summed E-state index contributed by atoms with van der Waals surface area (Å²) in [4.78, 5) is 21.1. The van der Waals surface area contributed by atoms with Gasteiger partial charge in [-0.25, -0.2) is 4.79 Å². The highest BCUT2D eigenvalue weighted by Gasteiger charge is 2.02. The maximum atomic E-state index is 10.7. The van der Waals surface area contributed by atoms with E-state index in [-0.39, 0.29) is 5.97 Å². The third-order valence-electron chi connectivity index (χ3n) is 1.64. The van der Waals surface area contributed by atoms with Crippen molar-refractivity contribution in [3.8, 4) is 5.75 Å². The fourth-order valence-electron chi connectivity index (χ4n) is 1.04. The monoisotopic (exact) mass is 332 g/mol. The van der Waals surface area contributed by atoms with E-state index >= 15 is 0 Å². The number of esters is 1. The fraction of sp³-hybridized carbons (Fsp3) is 0.0909. The number of ether oxygens (including phenoxy) is 1. The fourth-order valence-corrected chi connectivity index (χ4v) is 1.67. The zero-order chi connectivity index (χ0) is 12.1. The van der Waals surface area contributed by atoms with Gasteiger partial charge in [0.1, 0.15) is 5.75 Å². The Morgan fingerprint density at radius 2 is 1.88 bits per heavy atom. The quantitative estimate of drug-likeness (QED) is 0.400. The maximum absolute atomic E-state index is 10.7. The Labute approximate surface area is 106 Å². The van der Waals surface area contributed by atoms with Crippen molar-refractivity contribution < 1.29 is 19.4 Å². The molecule has 0 heterocycles. The number of carbonyl (C=O) groups excluding carboxylic acids is 1. The Morgan fingerprint density at radius 3 is 2.31 bits per heavy atom. The molecule has 1 N–H and O–H groups in total. The van der Waals surface area contributed by atoms with Gasteiger partial charge in [0.15, 0.2) is 0 Å². The molecule has 16 heavy (non-hydrogen) atoms. The van der Waals surface area contributed by atoms with Crippen LogP contribution in [0.15, 0.2) is 30.3 Å². The average Bonchev–Trinajstić information content (AvgIpc) is 2.16. The molecule has 0 aromatic heterocycles. The van der Waals surface area contributed by atoms with Crippen LogP contribution in [0.1, 0.15) is 12.5 Å². The normalized spacial score (nSPS) is 11.0. The highest BCUT2D eigenvalue weighted by molar-refractivity contribution is 14.1. The van der Waals surface area contributed by atoms with E-state index in [4.69, 9.17) is 9.84 Å². The van der Waals surface area contributed by atoms with Crippen molar-refractivity contribution in [3.05, 3.63) is 35.9 Å². The van der Waals surface area contributed by atoms with Crippen molar-refractivity contribution in [1.29, 1.82) is 0 Å². The SMILES string of the molecule is CC(=O)Oc1ccc(/C(I)=C/C(=O)O)cc1. The molecule has 0 fully saturated rings. The number of hydrogen-bond donors (Lipinski definition) is 1. The first-order valence-corrected chi connectivity index (χ1v) is 5.46. The number of halogens is 1. The van der Waals surface area contributed by atoms with Crippen molar-refractivity contribution in [1.82, 2.24) is 0 Å². The molecule has 1 rings (SSSR count). The number of carboxylic acids is 1. The van der Waals surface area contributed by atoms with Gasteiger partial charge in [-0.1, -0.05) is 12.1 Å². The number of hydrogen-bond acceptors (Lipinski definition) is 3. The third kappa shape index (κ3) is 4.01. The van der Waals surface area contributed by atoms with Gasteiger partial charge in [-0.15, -0.1) is 0 Å². The maximum Gasteiger partial charge on any atom is 0.329 e. The highest BCUT2D eigenvalue weighted by atomic mass is 127. The van der Waals surface area contributed by atoms with Crippen LogP contribution in [0.25, 0.3) is 3.58 Å². The van der Waals surface area contributed by atoms with E-state index in [0.717, 1.165) is 11.6 Å². The molecular weight excluding hydrogens is 323 g/mol. The van der Waals surface area contributed by atoms with E-state index < -0.39 is 5.97 Å². The van der Waals surface area contributed by atoms with E-state index in [1.54, 1.807) is 24.3 Å². The van der Waals surface area contributed by atoms with Crippen LogP contribution >= 0.6 is 22.6 Å². The van der Waals surface area contributed by atoms with E-state index in [1.165, 1.54) is 6.92 Å². The molecule has 4 nitrogen and oxygen atoms in total. The first-order chi connectivity index (χ1) is 7.49. The Morgan fingerprint density at radius 1 is 1.31 bits per heavy atom. The standard InChI is InChI=1S/C11H9IO4/c1-7(13)16-9-4-2-8(3-5-9)10(12)6-11(14)15/h2-6H,1H3,(H,14,15)/b10-6-. The van der Waals surface area contributed by atoms with Crippen molar-refractivity contribution in [2.75, 3.05) is 0 Å². The van der Waals surface area contributed by atoms with Crippen LogP contribution in [0.2, 0.25) is 0 Å². The molecule has 0 saturated carbocycles. The van der Waals surface area contributed by atoms with Crippen LogP contribution in [0.5, 0.6) is 5.75 Å². The second-order valence-corrected chi connectivity index (χ2v) is 4.11. The van der Waals surface area contributed by atoms with Crippen LogP contribution in [0, 0.1) is 0 Å². The predicted octanol–water partition coefficient (Wildman–Crippen LogP) is 2.47. The molecule has 0 unspecified atom stereocenters. The summed E-state index contributed by atoms with van der Waals surface area (Å²) in [5, 5.41) is 8.57. The molecule has 0 spiro atoms. The van der Waals surface area contributed by atoms with E-state index in [2.05, 4.69) is 0 Å². The minimum absolute atomic E-state index is 0.386. The molecule has 0 aliphatic carbocycles. The second-order valence-electron chi connectivity index (χ2n) is 2.95. The lowest BCUT2D eigenvalue weighted by atomic mass is 10.2. The minimum atomic E-state index is -0.992. The molecule has 1 aromatic carbocycles. The number of carbonyl (C=O) groups is 2. The van der Waals surface area contributed by atoms with Crippen molar-refractivity contribution >= 4 is 38.1 Å². The molecule has 5 heteroatoms. The largest absolute Gasteiger partial charge is 0.478 e. The van der Waals surface area contributed by atoms with Gasteiger partial charge in [0, 0.05) is 16.6 Å². The summed E-state index contributed by atoms with van der Waals surface area (Å²) in [6.45, 7) is 1.32. The molecule has 1 aromatic rings. The summed E-state index contributed by atoms with van der Waals surface area (Å²) in [5.41, 5.74) is 0.763. The molecular formula is C11H9IO4. The summed E-state index contributed by atoms with van der Waals surface area (Å²) in [6.07, 6.45) is 1.11. The molecule has 0 atom stereocenters. The molecule has 0 saturated heterocycles. The number of aliphatic carboxylic acids is 1. The Bertz CT molecular complexity index is 434. The van der Waals surface area contributed by atoms with Gasteiger partial charge < -0.3 is 9.84 Å². The summed E-state index contributed by atoms with van der Waals surface area (Å²) in [6, 6.07) is 6.62. The van der Waals surface area contributed by atoms with Crippen molar-refractivity contribution in [2.45, 2.75) is 6.92 Å². The van der Waals surface area contributed by atoms with Crippen molar-refractivity contribution in [3.63, 3.8) is 0 Å². The van der Waals surface area contributed by atoms with Crippen LogP contribution in [-0.2, 0) is 9.59 Å². The lowest BCUT2D eigenvalue weighted by Gasteiger charge is -2.02. The van der Waals surface area contributed by atoms with E-state index in [0.29, 0.717) is 9.33 Å². The van der Waals surface area contributed by atoms with Crippen LogP contribution in [0.3, 0.4) is 0 Å². The zero-order valence-corrected chi connectivity index (χ0v) is 10.6. The highest BCUT2D eigenvalue weighted by Crippen LogP contribution is 2.23. The third-order valence-corrected chi connectivity index (χ3v) is 2.58. The molecule has 84 valence electrons. The Kier molecular flexibility index (Phi) is 4.48. The molecule has 0 radical (unpaired) electrons. The molecule has 0 aliphatic rings. The topological polar surface area (TPSA) is 63.6 Å². The number of carboxylic acid groups (broad SMARTS) is 1. The Hall–Kier alpha value is -1.37.